The number of hydrogen-bond acceptors (Lipinski definition) is 2. The minimum absolute atomic E-state index is 0.150. The Morgan fingerprint density at radius 2 is 2.46 bits per heavy atom. The molecule has 0 aromatic heterocycles. The molecule has 0 aromatic rings. The van der Waals surface area contributed by atoms with Crippen molar-refractivity contribution in [2.75, 3.05) is 18.1 Å². The Kier molecular flexibility index (Phi) is 3.97. The van der Waals surface area contributed by atoms with Gasteiger partial charge in [0.15, 0.2) is 0 Å². The van der Waals surface area contributed by atoms with E-state index in [0.717, 1.165) is 30.8 Å². The van der Waals surface area contributed by atoms with E-state index < -0.39 is 10.8 Å². The lowest BCUT2D eigenvalue weighted by Gasteiger charge is -2.34. The summed E-state index contributed by atoms with van der Waals surface area (Å²) in [4.78, 5) is 0. The highest BCUT2D eigenvalue weighted by atomic mass is 32.2. The smallest absolute Gasteiger partial charge is 0.0937 e. The lowest BCUT2D eigenvalue weighted by atomic mass is 9.83. The lowest BCUT2D eigenvalue weighted by molar-refractivity contribution is 0.111. The summed E-state index contributed by atoms with van der Waals surface area (Å²) in [6.07, 6.45) is 4.74. The first kappa shape index (κ1) is 10.8. The van der Waals surface area contributed by atoms with Crippen molar-refractivity contribution < 1.29 is 8.95 Å². The third-order valence-corrected chi connectivity index (χ3v) is 4.48. The van der Waals surface area contributed by atoms with Gasteiger partial charge in [-0.1, -0.05) is 13.5 Å². The summed E-state index contributed by atoms with van der Waals surface area (Å²) in [5, 5.41) is 0. The minimum atomic E-state index is -0.627. The Labute approximate surface area is 82.8 Å². The highest BCUT2D eigenvalue weighted by molar-refractivity contribution is 7.85. The van der Waals surface area contributed by atoms with Crippen LogP contribution in [0.1, 0.15) is 26.2 Å². The van der Waals surface area contributed by atoms with E-state index in [1.165, 1.54) is 6.26 Å². The molecule has 0 radical (unpaired) electrons. The van der Waals surface area contributed by atoms with Gasteiger partial charge in [0.05, 0.1) is 12.9 Å². The van der Waals surface area contributed by atoms with Gasteiger partial charge >= 0.3 is 0 Å². The average molecular weight is 202 g/mol. The van der Waals surface area contributed by atoms with E-state index >= 15 is 0 Å². The molecular formula is C10H18O2S. The van der Waals surface area contributed by atoms with Crippen LogP contribution in [0.5, 0.6) is 0 Å². The maximum Gasteiger partial charge on any atom is 0.0937 e. The monoisotopic (exact) mass is 202 g/mol. The number of hydrogen-bond donors (Lipinski definition) is 0. The van der Waals surface area contributed by atoms with Crippen molar-refractivity contribution in [1.29, 1.82) is 0 Å². The molecule has 0 N–H and O–H groups in total. The van der Waals surface area contributed by atoms with E-state index in [0.29, 0.717) is 6.61 Å². The van der Waals surface area contributed by atoms with Crippen molar-refractivity contribution in [2.45, 2.75) is 26.2 Å². The predicted octanol–water partition coefficient (Wildman–Crippen LogP) is 2.09. The van der Waals surface area contributed by atoms with E-state index in [1.54, 1.807) is 0 Å². The lowest BCUT2D eigenvalue weighted by Crippen LogP contribution is -2.36. The van der Waals surface area contributed by atoms with Crippen LogP contribution in [-0.2, 0) is 15.5 Å². The fourth-order valence-electron chi connectivity index (χ4n) is 1.82. The topological polar surface area (TPSA) is 26.3 Å². The minimum Gasteiger partial charge on any atom is -0.501 e. The van der Waals surface area contributed by atoms with Gasteiger partial charge in [-0.2, -0.15) is 0 Å². The summed E-state index contributed by atoms with van der Waals surface area (Å²) in [5.74, 6) is 1.67. The molecule has 2 unspecified atom stereocenters. The third-order valence-electron chi connectivity index (χ3n) is 2.80. The third kappa shape index (κ3) is 2.83. The van der Waals surface area contributed by atoms with Gasteiger partial charge in [0.2, 0.25) is 0 Å². The van der Waals surface area contributed by atoms with Crippen LogP contribution in [-0.4, -0.2) is 22.3 Å². The van der Waals surface area contributed by atoms with E-state index in [1.807, 2.05) is 0 Å². The zero-order valence-electron chi connectivity index (χ0n) is 8.25. The maximum atomic E-state index is 11.4. The molecule has 1 aliphatic heterocycles. The predicted molar refractivity (Wildman–Crippen MR) is 56.0 cm³/mol. The molecule has 0 bridgehead atoms. The van der Waals surface area contributed by atoms with Crippen molar-refractivity contribution in [2.24, 2.45) is 5.41 Å². The summed E-state index contributed by atoms with van der Waals surface area (Å²) < 4.78 is 16.7. The SMILES string of the molecule is C=COCC1(CC)CCCS(=O)C1. The Balaban J connectivity index is 2.55. The maximum absolute atomic E-state index is 11.4. The molecule has 1 fully saturated rings. The highest BCUT2D eigenvalue weighted by Crippen LogP contribution is 2.33. The molecular weight excluding hydrogens is 184 g/mol. The van der Waals surface area contributed by atoms with Gasteiger partial charge in [0, 0.05) is 27.7 Å². The van der Waals surface area contributed by atoms with Crippen molar-refractivity contribution in [3.05, 3.63) is 12.8 Å². The summed E-state index contributed by atoms with van der Waals surface area (Å²) >= 11 is 0. The molecule has 13 heavy (non-hydrogen) atoms. The highest BCUT2D eigenvalue weighted by Gasteiger charge is 2.34. The van der Waals surface area contributed by atoms with Gasteiger partial charge in [0.1, 0.15) is 0 Å². The molecule has 2 atom stereocenters. The van der Waals surface area contributed by atoms with Crippen molar-refractivity contribution in [3.63, 3.8) is 0 Å². The van der Waals surface area contributed by atoms with Gasteiger partial charge in [-0.15, -0.1) is 0 Å². The molecule has 0 spiro atoms. The first-order valence-corrected chi connectivity index (χ1v) is 6.29. The zero-order chi connectivity index (χ0) is 9.73. The normalized spacial score (nSPS) is 34.1. The van der Waals surface area contributed by atoms with E-state index in [2.05, 4.69) is 13.5 Å². The van der Waals surface area contributed by atoms with Gasteiger partial charge in [-0.3, -0.25) is 4.21 Å². The van der Waals surface area contributed by atoms with Crippen molar-refractivity contribution in [1.82, 2.24) is 0 Å². The largest absolute Gasteiger partial charge is 0.501 e. The van der Waals surface area contributed by atoms with Crippen LogP contribution in [0.3, 0.4) is 0 Å². The Morgan fingerprint density at radius 3 is 3.00 bits per heavy atom. The number of rotatable bonds is 4. The van der Waals surface area contributed by atoms with E-state index in [-0.39, 0.29) is 5.41 Å². The molecule has 1 saturated heterocycles. The first-order chi connectivity index (χ1) is 6.22. The molecule has 1 heterocycles. The van der Waals surface area contributed by atoms with Gasteiger partial charge in [-0.05, 0) is 19.3 Å². The van der Waals surface area contributed by atoms with Gasteiger partial charge in [-0.25, -0.2) is 0 Å². The van der Waals surface area contributed by atoms with Crippen molar-refractivity contribution >= 4 is 10.8 Å². The van der Waals surface area contributed by atoms with E-state index in [9.17, 15) is 4.21 Å². The first-order valence-electron chi connectivity index (χ1n) is 4.80. The molecule has 2 nitrogen and oxygen atoms in total. The van der Waals surface area contributed by atoms with Crippen LogP contribution >= 0.6 is 0 Å². The van der Waals surface area contributed by atoms with E-state index in [4.69, 9.17) is 4.74 Å². The Hall–Kier alpha value is -0.310. The Morgan fingerprint density at radius 1 is 1.69 bits per heavy atom. The zero-order valence-corrected chi connectivity index (χ0v) is 9.07. The Bertz CT molecular complexity index is 203. The molecule has 0 aromatic carbocycles. The summed E-state index contributed by atoms with van der Waals surface area (Å²) in [6.45, 7) is 6.36. The second-order valence-electron chi connectivity index (χ2n) is 3.72. The quantitative estimate of drug-likeness (QED) is 0.652. The second kappa shape index (κ2) is 4.80. The van der Waals surface area contributed by atoms with Crippen LogP contribution in [0.4, 0.5) is 0 Å². The average Bonchev–Trinajstić information content (AvgIpc) is 2.15. The molecule has 1 rings (SSSR count). The fraction of sp³-hybridized carbons (Fsp3) is 0.800. The summed E-state index contributed by atoms with van der Waals surface area (Å²) in [7, 11) is -0.627. The van der Waals surface area contributed by atoms with Gasteiger partial charge < -0.3 is 4.74 Å². The molecule has 76 valence electrons. The summed E-state index contributed by atoms with van der Waals surface area (Å²) in [5.41, 5.74) is 0.150. The second-order valence-corrected chi connectivity index (χ2v) is 5.30. The number of ether oxygens (including phenoxy) is 1. The summed E-state index contributed by atoms with van der Waals surface area (Å²) in [6, 6.07) is 0. The van der Waals surface area contributed by atoms with Crippen LogP contribution in [0.15, 0.2) is 12.8 Å². The molecule has 3 heteroatoms. The van der Waals surface area contributed by atoms with Crippen LogP contribution in [0, 0.1) is 5.41 Å². The molecule has 1 aliphatic rings. The molecule has 0 saturated carbocycles. The van der Waals surface area contributed by atoms with Gasteiger partial charge in [0.25, 0.3) is 0 Å². The fourth-order valence-corrected chi connectivity index (χ4v) is 3.55. The van der Waals surface area contributed by atoms with Crippen molar-refractivity contribution in [3.8, 4) is 0 Å². The van der Waals surface area contributed by atoms with Crippen LogP contribution in [0.25, 0.3) is 0 Å². The molecule has 0 amide bonds. The van der Waals surface area contributed by atoms with Crippen LogP contribution < -0.4 is 0 Å². The molecule has 0 aliphatic carbocycles. The van der Waals surface area contributed by atoms with Crippen LogP contribution in [0.2, 0.25) is 0 Å². The standard InChI is InChI=1S/C10H18O2S/c1-3-10(8-12-4-2)6-5-7-13(11)9-10/h4H,2-3,5-9H2,1H3.